The molecule has 0 radical (unpaired) electrons. The van der Waals surface area contributed by atoms with Crippen molar-refractivity contribution >= 4 is 44.9 Å². The number of rotatable bonds is 3. The van der Waals surface area contributed by atoms with Gasteiger partial charge >= 0.3 is 0 Å². The van der Waals surface area contributed by atoms with Crippen molar-refractivity contribution in [3.8, 4) is 0 Å². The standard InChI is InChI=1S/C12H15BrCl2N2/c13-9-5-10(15)12(16-7-9)17-11-4-2-1-3-8(11)6-14/h5,7-8,11H,1-4,6H2,(H,16,17). The number of anilines is 1. The molecule has 1 aliphatic rings. The van der Waals surface area contributed by atoms with Crippen LogP contribution in [0.5, 0.6) is 0 Å². The van der Waals surface area contributed by atoms with Gasteiger partial charge in [-0.1, -0.05) is 24.4 Å². The summed E-state index contributed by atoms with van der Waals surface area (Å²) < 4.78 is 0.894. The van der Waals surface area contributed by atoms with Crippen LogP contribution in [0.2, 0.25) is 5.02 Å². The second-order valence-corrected chi connectivity index (χ2v) is 6.07. The molecule has 0 amide bonds. The van der Waals surface area contributed by atoms with Crippen molar-refractivity contribution in [2.24, 2.45) is 5.92 Å². The summed E-state index contributed by atoms with van der Waals surface area (Å²) in [4.78, 5) is 4.31. The van der Waals surface area contributed by atoms with Gasteiger partial charge in [0.25, 0.3) is 0 Å². The quantitative estimate of drug-likeness (QED) is 0.808. The van der Waals surface area contributed by atoms with Crippen LogP contribution in [-0.4, -0.2) is 16.9 Å². The van der Waals surface area contributed by atoms with Crippen molar-refractivity contribution in [2.75, 3.05) is 11.2 Å². The fourth-order valence-electron chi connectivity index (χ4n) is 2.28. The Kier molecular flexibility index (Phi) is 4.95. The number of halogens is 3. The first-order chi connectivity index (χ1) is 8.20. The Bertz CT molecular complexity index is 387. The Morgan fingerprint density at radius 2 is 2.18 bits per heavy atom. The Labute approximate surface area is 120 Å². The lowest BCUT2D eigenvalue weighted by atomic mass is 9.86. The number of nitrogens with one attached hydrogen (secondary N) is 1. The van der Waals surface area contributed by atoms with Gasteiger partial charge in [0.2, 0.25) is 0 Å². The van der Waals surface area contributed by atoms with E-state index in [9.17, 15) is 0 Å². The predicted octanol–water partition coefficient (Wildman–Crippen LogP) is 4.71. The van der Waals surface area contributed by atoms with Crippen molar-refractivity contribution in [1.82, 2.24) is 4.98 Å². The van der Waals surface area contributed by atoms with E-state index in [0.29, 0.717) is 22.9 Å². The molecule has 2 rings (SSSR count). The van der Waals surface area contributed by atoms with E-state index in [0.717, 1.165) is 16.7 Å². The number of pyridine rings is 1. The first-order valence-electron chi connectivity index (χ1n) is 5.84. The monoisotopic (exact) mass is 336 g/mol. The first-order valence-corrected chi connectivity index (χ1v) is 7.55. The summed E-state index contributed by atoms with van der Waals surface area (Å²) in [5.74, 6) is 1.98. The molecule has 0 bridgehead atoms. The fraction of sp³-hybridized carbons (Fsp3) is 0.583. The van der Waals surface area contributed by atoms with Crippen LogP contribution in [0.25, 0.3) is 0 Å². The minimum atomic E-state index is 0.396. The number of alkyl halides is 1. The van der Waals surface area contributed by atoms with E-state index in [1.54, 1.807) is 6.20 Å². The van der Waals surface area contributed by atoms with Crippen LogP contribution in [0.3, 0.4) is 0 Å². The molecule has 2 unspecified atom stereocenters. The van der Waals surface area contributed by atoms with Crippen molar-refractivity contribution in [1.29, 1.82) is 0 Å². The molecule has 94 valence electrons. The Balaban J connectivity index is 2.08. The summed E-state index contributed by atoms with van der Waals surface area (Å²) in [5, 5.41) is 4.08. The van der Waals surface area contributed by atoms with Gasteiger partial charge in [-0.25, -0.2) is 4.98 Å². The molecule has 2 atom stereocenters. The Hall–Kier alpha value is 0.01000. The predicted molar refractivity (Wildman–Crippen MR) is 77.0 cm³/mol. The topological polar surface area (TPSA) is 24.9 Å². The number of aromatic nitrogens is 1. The maximum absolute atomic E-state index is 6.15. The largest absolute Gasteiger partial charge is 0.366 e. The first kappa shape index (κ1) is 13.4. The number of hydrogen-bond acceptors (Lipinski definition) is 2. The molecule has 1 heterocycles. The van der Waals surface area contributed by atoms with E-state index in [4.69, 9.17) is 23.2 Å². The van der Waals surface area contributed by atoms with Gasteiger partial charge in [0.1, 0.15) is 5.82 Å². The van der Waals surface area contributed by atoms with Crippen LogP contribution in [0.1, 0.15) is 25.7 Å². The van der Waals surface area contributed by atoms with Crippen LogP contribution in [-0.2, 0) is 0 Å². The fourth-order valence-corrected chi connectivity index (χ4v) is 3.33. The molecule has 17 heavy (non-hydrogen) atoms. The van der Waals surface area contributed by atoms with Crippen LogP contribution in [0.15, 0.2) is 16.7 Å². The minimum Gasteiger partial charge on any atom is -0.366 e. The second kappa shape index (κ2) is 6.26. The molecule has 1 aromatic heterocycles. The van der Waals surface area contributed by atoms with Crippen LogP contribution < -0.4 is 5.32 Å². The SMILES string of the molecule is ClCC1CCCCC1Nc1ncc(Br)cc1Cl. The van der Waals surface area contributed by atoms with Gasteiger partial charge in [-0.05, 0) is 40.8 Å². The van der Waals surface area contributed by atoms with E-state index in [1.165, 1.54) is 19.3 Å². The average Bonchev–Trinajstić information content (AvgIpc) is 2.33. The highest BCUT2D eigenvalue weighted by molar-refractivity contribution is 9.10. The van der Waals surface area contributed by atoms with Gasteiger partial charge in [-0.15, -0.1) is 11.6 Å². The zero-order valence-corrected chi connectivity index (χ0v) is 12.5. The zero-order chi connectivity index (χ0) is 12.3. The van der Waals surface area contributed by atoms with Crippen molar-refractivity contribution in [3.63, 3.8) is 0 Å². The van der Waals surface area contributed by atoms with E-state index < -0.39 is 0 Å². The van der Waals surface area contributed by atoms with Crippen molar-refractivity contribution in [3.05, 3.63) is 21.8 Å². The van der Waals surface area contributed by atoms with Gasteiger partial charge in [-0.2, -0.15) is 0 Å². The number of hydrogen-bond donors (Lipinski definition) is 1. The molecule has 0 saturated heterocycles. The molecule has 0 aliphatic heterocycles. The van der Waals surface area contributed by atoms with E-state index in [1.807, 2.05) is 6.07 Å². The van der Waals surface area contributed by atoms with Crippen LogP contribution in [0, 0.1) is 5.92 Å². The molecule has 1 aliphatic carbocycles. The smallest absolute Gasteiger partial charge is 0.145 e. The van der Waals surface area contributed by atoms with Gasteiger partial charge in [0, 0.05) is 22.6 Å². The molecular weight excluding hydrogens is 323 g/mol. The maximum Gasteiger partial charge on any atom is 0.145 e. The van der Waals surface area contributed by atoms with E-state index in [2.05, 4.69) is 26.2 Å². The molecular formula is C12H15BrCl2N2. The molecule has 2 nitrogen and oxygen atoms in total. The third-order valence-electron chi connectivity index (χ3n) is 3.24. The van der Waals surface area contributed by atoms with Crippen LogP contribution in [0.4, 0.5) is 5.82 Å². The lowest BCUT2D eigenvalue weighted by Crippen LogP contribution is -2.33. The molecule has 0 aromatic carbocycles. The average molecular weight is 338 g/mol. The molecule has 1 fully saturated rings. The summed E-state index contributed by atoms with van der Waals surface area (Å²) in [6.45, 7) is 0. The highest BCUT2D eigenvalue weighted by atomic mass is 79.9. The summed E-state index contributed by atoms with van der Waals surface area (Å²) in [6, 6.07) is 2.25. The summed E-state index contributed by atoms with van der Waals surface area (Å²) in [6.07, 6.45) is 6.61. The molecule has 0 spiro atoms. The number of nitrogens with zero attached hydrogens (tertiary/aromatic N) is 1. The third kappa shape index (κ3) is 3.49. The van der Waals surface area contributed by atoms with E-state index >= 15 is 0 Å². The van der Waals surface area contributed by atoms with Gasteiger partial charge in [0.05, 0.1) is 5.02 Å². The van der Waals surface area contributed by atoms with Gasteiger partial charge < -0.3 is 5.32 Å². The molecule has 1 aromatic rings. The molecule has 1 N–H and O–H groups in total. The zero-order valence-electron chi connectivity index (χ0n) is 9.43. The van der Waals surface area contributed by atoms with Crippen molar-refractivity contribution < 1.29 is 0 Å². The summed E-state index contributed by atoms with van der Waals surface area (Å²) >= 11 is 15.5. The Morgan fingerprint density at radius 1 is 1.41 bits per heavy atom. The Morgan fingerprint density at radius 3 is 2.88 bits per heavy atom. The maximum atomic E-state index is 6.15. The van der Waals surface area contributed by atoms with Crippen molar-refractivity contribution in [2.45, 2.75) is 31.7 Å². The third-order valence-corrected chi connectivity index (χ3v) is 4.36. The van der Waals surface area contributed by atoms with Gasteiger partial charge in [-0.3, -0.25) is 0 Å². The van der Waals surface area contributed by atoms with E-state index in [-0.39, 0.29) is 0 Å². The molecule has 5 heteroatoms. The minimum absolute atomic E-state index is 0.396. The highest BCUT2D eigenvalue weighted by Crippen LogP contribution is 2.30. The highest BCUT2D eigenvalue weighted by Gasteiger charge is 2.25. The normalized spacial score (nSPS) is 24.6. The summed E-state index contributed by atoms with van der Waals surface area (Å²) in [7, 11) is 0. The van der Waals surface area contributed by atoms with Crippen LogP contribution >= 0.6 is 39.1 Å². The lowest BCUT2D eigenvalue weighted by Gasteiger charge is -2.31. The lowest BCUT2D eigenvalue weighted by molar-refractivity contribution is 0.352. The second-order valence-electron chi connectivity index (χ2n) is 4.43. The molecule has 1 saturated carbocycles. The summed E-state index contributed by atoms with van der Waals surface area (Å²) in [5.41, 5.74) is 0. The van der Waals surface area contributed by atoms with Gasteiger partial charge in [0.15, 0.2) is 0 Å².